The Balaban J connectivity index is 1.66. The molecule has 0 radical (unpaired) electrons. The minimum absolute atomic E-state index is 0.304. The van der Waals surface area contributed by atoms with Crippen molar-refractivity contribution in [2.45, 2.75) is 114 Å². The molecule has 12 heteroatoms. The lowest BCUT2D eigenvalue weighted by Gasteiger charge is -2.44. The summed E-state index contributed by atoms with van der Waals surface area (Å²) in [5.74, 6) is 0. The van der Waals surface area contributed by atoms with E-state index in [1.54, 1.807) is 13.0 Å². The van der Waals surface area contributed by atoms with Gasteiger partial charge in [-0.05, 0) is 37.7 Å². The Morgan fingerprint density at radius 3 is 2.05 bits per heavy atom. The normalized spacial score (nSPS) is 43.8. The molecule has 0 spiro atoms. The molecule has 2 heterocycles. The number of hydrogen-bond acceptors (Lipinski definition) is 12. The third-order valence-corrected chi connectivity index (χ3v) is 7.27. The van der Waals surface area contributed by atoms with Crippen molar-refractivity contribution in [2.75, 3.05) is 13.2 Å². The van der Waals surface area contributed by atoms with Crippen LogP contribution >= 0.6 is 0 Å². The molecule has 3 rings (SSSR count). The number of aliphatic hydroxyl groups is 8. The van der Waals surface area contributed by atoms with Gasteiger partial charge in [-0.2, -0.15) is 0 Å². The van der Waals surface area contributed by atoms with Gasteiger partial charge in [0.25, 0.3) is 0 Å². The van der Waals surface area contributed by atoms with E-state index in [4.69, 9.17) is 18.9 Å². The van der Waals surface area contributed by atoms with E-state index >= 15 is 0 Å². The molecule has 2 unspecified atom stereocenters. The first-order valence-electron chi connectivity index (χ1n) is 12.6. The highest BCUT2D eigenvalue weighted by Crippen LogP contribution is 2.43. The van der Waals surface area contributed by atoms with Gasteiger partial charge in [0.05, 0.1) is 25.4 Å². The summed E-state index contributed by atoms with van der Waals surface area (Å²) in [4.78, 5) is 0. The van der Waals surface area contributed by atoms with Crippen molar-refractivity contribution in [3.8, 4) is 0 Å². The van der Waals surface area contributed by atoms with Gasteiger partial charge in [0.2, 0.25) is 0 Å². The summed E-state index contributed by atoms with van der Waals surface area (Å²) in [7, 11) is 0. The van der Waals surface area contributed by atoms with Gasteiger partial charge in [-0.15, -0.1) is 0 Å². The van der Waals surface area contributed by atoms with Crippen LogP contribution < -0.4 is 0 Å². The first-order chi connectivity index (χ1) is 17.3. The van der Waals surface area contributed by atoms with Gasteiger partial charge in [-0.25, -0.2) is 0 Å². The first kappa shape index (κ1) is 30.5. The fraction of sp³-hybridized carbons (Fsp3) is 0.840. The van der Waals surface area contributed by atoms with Crippen LogP contribution in [0, 0.1) is 5.41 Å². The largest absolute Gasteiger partial charge is 0.394 e. The van der Waals surface area contributed by atoms with Crippen LogP contribution in [0.1, 0.15) is 40.5 Å². The summed E-state index contributed by atoms with van der Waals surface area (Å²) in [5.41, 5.74) is 1.83. The first-order valence-corrected chi connectivity index (χ1v) is 12.6. The van der Waals surface area contributed by atoms with Crippen LogP contribution in [0.3, 0.4) is 0 Å². The minimum Gasteiger partial charge on any atom is -0.394 e. The second-order valence-electron chi connectivity index (χ2n) is 10.9. The van der Waals surface area contributed by atoms with Crippen molar-refractivity contribution in [1.82, 2.24) is 0 Å². The Morgan fingerprint density at radius 2 is 1.49 bits per heavy atom. The van der Waals surface area contributed by atoms with Gasteiger partial charge in [0.15, 0.2) is 12.6 Å². The molecule has 0 amide bonds. The summed E-state index contributed by atoms with van der Waals surface area (Å²) in [6.07, 6.45) is -10.8. The zero-order valence-corrected chi connectivity index (χ0v) is 21.6. The number of rotatable bonds is 8. The van der Waals surface area contributed by atoms with E-state index in [2.05, 4.69) is 0 Å². The lowest BCUT2D eigenvalue weighted by Crippen LogP contribution is -2.62. The van der Waals surface area contributed by atoms with E-state index in [9.17, 15) is 40.9 Å². The van der Waals surface area contributed by atoms with Crippen LogP contribution in [-0.2, 0) is 18.9 Å². The highest BCUT2D eigenvalue weighted by molar-refractivity contribution is 5.34. The van der Waals surface area contributed by atoms with Crippen molar-refractivity contribution in [3.63, 3.8) is 0 Å². The van der Waals surface area contributed by atoms with Crippen LogP contribution in [0.5, 0.6) is 0 Å². The molecule has 3 aliphatic rings. The Kier molecular flexibility index (Phi) is 10.3. The fourth-order valence-electron chi connectivity index (χ4n) is 5.23. The van der Waals surface area contributed by atoms with Crippen LogP contribution in [-0.4, -0.2) is 128 Å². The molecule has 1 aliphatic carbocycles. The zero-order chi connectivity index (χ0) is 27.7. The molecular weight excluding hydrogens is 492 g/mol. The molecule has 37 heavy (non-hydrogen) atoms. The van der Waals surface area contributed by atoms with Gasteiger partial charge in [0.1, 0.15) is 48.8 Å². The van der Waals surface area contributed by atoms with Gasteiger partial charge in [0, 0.05) is 0 Å². The number of allylic oxidation sites excluding steroid dienone is 2. The smallest absolute Gasteiger partial charge is 0.186 e. The Morgan fingerprint density at radius 1 is 0.919 bits per heavy atom. The molecule has 0 aromatic rings. The number of aliphatic hydroxyl groups excluding tert-OH is 8. The lowest BCUT2D eigenvalue weighted by molar-refractivity contribution is -0.336. The lowest BCUT2D eigenvalue weighted by atomic mass is 9.71. The molecular formula is C25H42O12. The zero-order valence-electron chi connectivity index (χ0n) is 21.6. The Bertz CT molecular complexity index is 811. The van der Waals surface area contributed by atoms with Gasteiger partial charge in [-0.1, -0.05) is 31.6 Å². The minimum atomic E-state index is -1.64. The fourth-order valence-corrected chi connectivity index (χ4v) is 5.23. The van der Waals surface area contributed by atoms with E-state index in [0.717, 1.165) is 11.1 Å². The summed E-state index contributed by atoms with van der Waals surface area (Å²) in [6.45, 7) is 6.68. The monoisotopic (exact) mass is 534 g/mol. The van der Waals surface area contributed by atoms with Crippen molar-refractivity contribution in [2.24, 2.45) is 5.41 Å². The Labute approximate surface area is 216 Å². The van der Waals surface area contributed by atoms with Crippen LogP contribution in [0.15, 0.2) is 23.3 Å². The molecule has 2 fully saturated rings. The van der Waals surface area contributed by atoms with E-state index < -0.39 is 80.7 Å². The third-order valence-electron chi connectivity index (χ3n) is 7.27. The van der Waals surface area contributed by atoms with Crippen LogP contribution in [0.4, 0.5) is 0 Å². The van der Waals surface area contributed by atoms with E-state index in [1.165, 1.54) is 0 Å². The van der Waals surface area contributed by atoms with E-state index in [1.807, 2.05) is 26.8 Å². The predicted octanol–water partition coefficient (Wildman–Crippen LogP) is -1.93. The van der Waals surface area contributed by atoms with Gasteiger partial charge >= 0.3 is 0 Å². The number of ether oxygens (including phenoxy) is 4. The molecule has 0 aromatic heterocycles. The summed E-state index contributed by atoms with van der Waals surface area (Å²) < 4.78 is 22.6. The molecule has 12 nitrogen and oxygen atoms in total. The summed E-state index contributed by atoms with van der Waals surface area (Å²) >= 11 is 0. The summed E-state index contributed by atoms with van der Waals surface area (Å²) in [6, 6.07) is 0. The molecule has 0 saturated carbocycles. The highest BCUT2D eigenvalue weighted by Gasteiger charge is 2.48. The van der Waals surface area contributed by atoms with Crippen molar-refractivity contribution >= 4 is 0 Å². The average molecular weight is 535 g/mol. The number of hydrogen-bond donors (Lipinski definition) is 8. The van der Waals surface area contributed by atoms with Crippen LogP contribution in [0.25, 0.3) is 0 Å². The maximum atomic E-state index is 10.5. The molecule has 12 atom stereocenters. The van der Waals surface area contributed by atoms with Crippen molar-refractivity contribution in [1.29, 1.82) is 0 Å². The molecule has 8 N–H and O–H groups in total. The van der Waals surface area contributed by atoms with E-state index in [0.29, 0.717) is 12.8 Å². The average Bonchev–Trinajstić information content (AvgIpc) is 2.82. The van der Waals surface area contributed by atoms with E-state index in [-0.39, 0.29) is 11.5 Å². The molecule has 0 aromatic carbocycles. The second-order valence-corrected chi connectivity index (χ2v) is 10.9. The maximum Gasteiger partial charge on any atom is 0.186 e. The van der Waals surface area contributed by atoms with Crippen molar-refractivity contribution < 1.29 is 59.8 Å². The SMILES string of the molecule is CC1=C(C=CC(C)O)C(C)(C)CC(O[C@@H]2O[C@H](CO[C@@H]3O[C@H](CO)[C@@H](O)[C@H](O)[C@H]3O)[C@@H](O)[C@H](O)[C@H]2O)C1. The maximum absolute atomic E-state index is 10.5. The van der Waals surface area contributed by atoms with Gasteiger partial charge in [-0.3, -0.25) is 0 Å². The van der Waals surface area contributed by atoms with Gasteiger partial charge < -0.3 is 59.8 Å². The molecule has 214 valence electrons. The summed E-state index contributed by atoms with van der Waals surface area (Å²) in [5, 5.41) is 80.4. The second kappa shape index (κ2) is 12.5. The highest BCUT2D eigenvalue weighted by atomic mass is 16.7. The predicted molar refractivity (Wildman–Crippen MR) is 128 cm³/mol. The molecule has 0 bridgehead atoms. The third kappa shape index (κ3) is 6.96. The quantitative estimate of drug-likeness (QED) is 0.172. The molecule has 2 saturated heterocycles. The standard InChI is InChI=1S/C25H42O12/c1-11-7-13(8-25(3,4)14(11)6-5-12(2)27)35-24-22(33)20(31)18(29)16(37-24)10-34-23-21(32)19(30)17(28)15(9-26)36-23/h5-6,12-13,15-24,26-33H,7-10H2,1-4H3/t12?,13?,15-,16-,17-,18-,19+,20+,21-,22-,23-,24-/m1/s1. The van der Waals surface area contributed by atoms with Crippen LogP contribution in [0.2, 0.25) is 0 Å². The topological polar surface area (TPSA) is 199 Å². The Hall–Kier alpha value is -1.00. The molecule has 2 aliphatic heterocycles. The van der Waals surface area contributed by atoms with Crippen molar-refractivity contribution in [3.05, 3.63) is 23.3 Å².